The summed E-state index contributed by atoms with van der Waals surface area (Å²) in [6.07, 6.45) is -1.51. The molecule has 0 radical (unpaired) electrons. The molecule has 0 aliphatic rings. The SMILES string of the molecule is CC(NC(=O)C(N)CCC(N)=O)C(=O)NC(CCCCN)C(=O)NC(CO)C(=O)NC(CCC(N)=O)C(=O)NCC(=O)NCC(=O)NC(CO)C(=O)NC(CC(N)=O)C(=O)NC(Cc1ccccc1)C(=O)O. The van der Waals surface area contributed by atoms with Crippen molar-refractivity contribution in [1.29, 1.82) is 0 Å². The standard InChI is InChI=1S/C42H66N14O16/c1-21(50-36(65)23(44)10-12-30(45)59)35(64)52-24(9-5-6-14-43)38(67)56-29(20-58)41(70)53-25(11-13-31(46)60)37(66)49-17-33(62)48-18-34(63)51-28(19-57)40(69)54-26(16-32(47)61)39(68)55-27(42(71)72)15-22-7-3-2-4-8-22/h2-4,7-8,21,23-29,57-58H,5-6,9-20,43-44H2,1H3,(H2,45,59)(H2,46,60)(H2,47,61)(H,48,62)(H,49,66)(H,50,65)(H,51,63)(H,52,64)(H,53,70)(H,54,69)(H,55,68)(H,56,67)(H,71,72). The molecule has 30 nitrogen and oxygen atoms in total. The molecule has 30 heteroatoms. The number of amides is 12. The molecule has 0 heterocycles. The normalized spacial score (nSPS) is 14.1. The molecule has 8 atom stereocenters. The van der Waals surface area contributed by atoms with Crippen molar-refractivity contribution in [1.82, 2.24) is 47.9 Å². The van der Waals surface area contributed by atoms with E-state index in [0.29, 0.717) is 18.4 Å². The van der Waals surface area contributed by atoms with E-state index >= 15 is 0 Å². The number of aliphatic hydroxyl groups is 2. The van der Waals surface area contributed by atoms with Crippen molar-refractivity contribution in [3.63, 3.8) is 0 Å². The predicted molar refractivity (Wildman–Crippen MR) is 249 cm³/mol. The fourth-order valence-corrected chi connectivity index (χ4v) is 6.14. The summed E-state index contributed by atoms with van der Waals surface area (Å²) in [5.41, 5.74) is 27.4. The Morgan fingerprint density at radius 1 is 0.514 bits per heavy atom. The zero-order valence-corrected chi connectivity index (χ0v) is 39.4. The van der Waals surface area contributed by atoms with Gasteiger partial charge >= 0.3 is 5.97 Å². The Kier molecular flexibility index (Phi) is 28.4. The maximum atomic E-state index is 13.4. The van der Waals surface area contributed by atoms with Gasteiger partial charge in [0.1, 0.15) is 42.3 Å². The number of aliphatic carboxylic acids is 1. The largest absolute Gasteiger partial charge is 0.480 e. The summed E-state index contributed by atoms with van der Waals surface area (Å²) in [4.78, 5) is 163. The Morgan fingerprint density at radius 3 is 1.56 bits per heavy atom. The van der Waals surface area contributed by atoms with Gasteiger partial charge in [0.2, 0.25) is 70.9 Å². The lowest BCUT2D eigenvalue weighted by atomic mass is 10.0. The highest BCUT2D eigenvalue weighted by Gasteiger charge is 2.33. The molecule has 1 aromatic rings. The van der Waals surface area contributed by atoms with E-state index in [2.05, 4.69) is 47.9 Å². The van der Waals surface area contributed by atoms with Crippen molar-refractivity contribution in [3.05, 3.63) is 35.9 Å². The van der Waals surface area contributed by atoms with E-state index in [1.807, 2.05) is 0 Å². The van der Waals surface area contributed by atoms with Crippen molar-refractivity contribution < 1.29 is 77.6 Å². The molecule has 0 saturated heterocycles. The Morgan fingerprint density at radius 2 is 1.00 bits per heavy atom. The molecule has 22 N–H and O–H groups in total. The second-order valence-electron chi connectivity index (χ2n) is 16.1. The van der Waals surface area contributed by atoms with Crippen LogP contribution in [0.1, 0.15) is 63.9 Å². The molecule has 0 spiro atoms. The van der Waals surface area contributed by atoms with Crippen LogP contribution in [0.4, 0.5) is 0 Å². The Bertz CT molecular complexity index is 2080. The summed E-state index contributed by atoms with van der Waals surface area (Å²) >= 11 is 0. The number of nitrogens with two attached hydrogens (primary N) is 5. The van der Waals surface area contributed by atoms with Gasteiger partial charge in [-0.05, 0) is 51.1 Å². The van der Waals surface area contributed by atoms with Crippen LogP contribution in [0.25, 0.3) is 0 Å². The van der Waals surface area contributed by atoms with Crippen molar-refractivity contribution in [2.75, 3.05) is 32.8 Å². The van der Waals surface area contributed by atoms with Gasteiger partial charge in [-0.2, -0.15) is 0 Å². The Hall–Kier alpha value is -7.83. The van der Waals surface area contributed by atoms with E-state index in [-0.39, 0.29) is 32.2 Å². The van der Waals surface area contributed by atoms with Crippen LogP contribution in [0.5, 0.6) is 0 Å². The molecule has 1 rings (SSSR count). The number of unbranched alkanes of at least 4 members (excludes halogenated alkanes) is 1. The average molecular weight is 1020 g/mol. The molecule has 0 saturated carbocycles. The van der Waals surface area contributed by atoms with Crippen molar-refractivity contribution >= 4 is 76.9 Å². The number of primary amides is 3. The highest BCUT2D eigenvalue weighted by Crippen LogP contribution is 2.07. The Balaban J connectivity index is 2.92. The topological polar surface area (TPSA) is 521 Å². The molecule has 0 fully saturated rings. The fraction of sp³-hybridized carbons (Fsp3) is 0.548. The Labute approximate surface area is 412 Å². The van der Waals surface area contributed by atoms with Crippen molar-refractivity contribution in [2.24, 2.45) is 28.7 Å². The van der Waals surface area contributed by atoms with Crippen LogP contribution in [0.15, 0.2) is 30.3 Å². The second-order valence-corrected chi connectivity index (χ2v) is 16.1. The predicted octanol–water partition coefficient (Wildman–Crippen LogP) is -9.19. The van der Waals surface area contributed by atoms with E-state index in [0.717, 1.165) is 0 Å². The minimum Gasteiger partial charge on any atom is -0.480 e. The number of nitrogens with one attached hydrogen (secondary N) is 9. The summed E-state index contributed by atoms with van der Waals surface area (Å²) in [6.45, 7) is -2.32. The maximum absolute atomic E-state index is 13.4. The first kappa shape index (κ1) is 62.2. The minimum absolute atomic E-state index is 0.0227. The highest BCUT2D eigenvalue weighted by molar-refractivity contribution is 5.98. The number of hydrogen-bond acceptors (Lipinski definition) is 17. The number of rotatable bonds is 35. The van der Waals surface area contributed by atoms with Gasteiger partial charge in [-0.15, -0.1) is 0 Å². The average Bonchev–Trinajstić information content (AvgIpc) is 3.32. The number of carbonyl (C=O) groups is 13. The minimum atomic E-state index is -1.78. The first-order valence-corrected chi connectivity index (χ1v) is 22.4. The van der Waals surface area contributed by atoms with E-state index < -0.39 is 171 Å². The van der Waals surface area contributed by atoms with Crippen LogP contribution in [-0.4, -0.2) is 173 Å². The van der Waals surface area contributed by atoms with E-state index in [1.54, 1.807) is 30.3 Å². The second kappa shape index (κ2) is 32.9. The van der Waals surface area contributed by atoms with Gasteiger partial charge in [0.15, 0.2) is 0 Å². The number of carboxylic acid groups (broad SMARTS) is 1. The molecule has 72 heavy (non-hydrogen) atoms. The quantitative estimate of drug-likeness (QED) is 0.0281. The van der Waals surface area contributed by atoms with Crippen molar-refractivity contribution in [2.45, 2.75) is 113 Å². The molecule has 0 aliphatic carbocycles. The number of hydrogen-bond donors (Lipinski definition) is 17. The van der Waals surface area contributed by atoms with Gasteiger partial charge < -0.3 is 91.8 Å². The number of carboxylic acids is 1. The van der Waals surface area contributed by atoms with Crippen LogP contribution < -0.4 is 76.5 Å². The number of benzene rings is 1. The van der Waals surface area contributed by atoms with Crippen LogP contribution in [-0.2, 0) is 68.7 Å². The molecule has 0 bridgehead atoms. The van der Waals surface area contributed by atoms with Gasteiger partial charge in [0, 0.05) is 19.3 Å². The van der Waals surface area contributed by atoms with Crippen LogP contribution in [0, 0.1) is 0 Å². The maximum Gasteiger partial charge on any atom is 0.326 e. The van der Waals surface area contributed by atoms with Gasteiger partial charge in [-0.3, -0.25) is 57.5 Å². The monoisotopic (exact) mass is 1020 g/mol. The summed E-state index contributed by atoms with van der Waals surface area (Å²) in [7, 11) is 0. The molecular weight excluding hydrogens is 957 g/mol. The first-order chi connectivity index (χ1) is 33.9. The van der Waals surface area contributed by atoms with E-state index in [1.165, 1.54) is 6.92 Å². The lowest BCUT2D eigenvalue weighted by molar-refractivity contribution is -0.142. The third kappa shape index (κ3) is 24.6. The smallest absolute Gasteiger partial charge is 0.326 e. The fourth-order valence-electron chi connectivity index (χ4n) is 6.14. The van der Waals surface area contributed by atoms with Gasteiger partial charge in [-0.25, -0.2) is 4.79 Å². The highest BCUT2D eigenvalue weighted by atomic mass is 16.4. The molecule has 8 unspecified atom stereocenters. The van der Waals surface area contributed by atoms with Crippen molar-refractivity contribution in [3.8, 4) is 0 Å². The molecular formula is C42H66N14O16. The zero-order chi connectivity index (χ0) is 54.5. The summed E-state index contributed by atoms with van der Waals surface area (Å²) in [5, 5.41) is 49.5. The van der Waals surface area contributed by atoms with Crippen LogP contribution in [0.2, 0.25) is 0 Å². The zero-order valence-electron chi connectivity index (χ0n) is 39.4. The third-order valence-corrected chi connectivity index (χ3v) is 10.1. The van der Waals surface area contributed by atoms with Gasteiger partial charge in [0.05, 0.1) is 38.8 Å². The summed E-state index contributed by atoms with van der Waals surface area (Å²) in [6, 6.07) is -4.00. The molecule has 0 aliphatic heterocycles. The third-order valence-electron chi connectivity index (χ3n) is 10.1. The number of carbonyl (C=O) groups excluding carboxylic acids is 12. The van der Waals surface area contributed by atoms with Gasteiger partial charge in [-0.1, -0.05) is 30.3 Å². The molecule has 12 amide bonds. The molecule has 1 aromatic carbocycles. The molecule has 400 valence electrons. The van der Waals surface area contributed by atoms with Crippen LogP contribution in [0.3, 0.4) is 0 Å². The lowest BCUT2D eigenvalue weighted by Gasteiger charge is -2.25. The van der Waals surface area contributed by atoms with E-state index in [4.69, 9.17) is 28.7 Å². The van der Waals surface area contributed by atoms with E-state index in [9.17, 15) is 77.6 Å². The number of aliphatic hydroxyl groups excluding tert-OH is 2. The van der Waals surface area contributed by atoms with Crippen LogP contribution >= 0.6 is 0 Å². The summed E-state index contributed by atoms with van der Waals surface area (Å²) in [5.74, 6) is -13.4. The molecule has 0 aromatic heterocycles. The van der Waals surface area contributed by atoms with Gasteiger partial charge in [0.25, 0.3) is 0 Å². The lowest BCUT2D eigenvalue weighted by Crippen LogP contribution is -2.59. The first-order valence-electron chi connectivity index (χ1n) is 22.4. The summed E-state index contributed by atoms with van der Waals surface area (Å²) < 4.78 is 0.